The summed E-state index contributed by atoms with van der Waals surface area (Å²) in [4.78, 5) is -0.785. The molecule has 1 N–H and O–H groups in total. The molecule has 0 aliphatic carbocycles. The number of rotatable bonds is 7. The van der Waals surface area contributed by atoms with Crippen LogP contribution in [0.1, 0.15) is 32.6 Å². The number of sulfonamides is 1. The van der Waals surface area contributed by atoms with E-state index in [-0.39, 0.29) is 10.5 Å². The highest BCUT2D eigenvalue weighted by atomic mass is 79.9. The van der Waals surface area contributed by atoms with E-state index in [1.54, 1.807) is 11.5 Å². The van der Waals surface area contributed by atoms with Crippen LogP contribution in [0.2, 0.25) is 0 Å². The molecule has 0 saturated carbocycles. The molecule has 0 fully saturated rings. The molecule has 2 aromatic rings. The highest BCUT2D eigenvalue weighted by Gasteiger charge is 2.27. The standard InChI is InChI=1S/C14H17BrF2N4O3S/c1-4-21-13(18-19-14(21)24-5-2)8(3)20-25(22,23)12-7-10(16)9(15)6-11(12)17/h6-8,20H,4-5H2,1-3H3/t8-/m1/s1. The summed E-state index contributed by atoms with van der Waals surface area (Å²) >= 11 is 2.81. The zero-order valence-electron chi connectivity index (χ0n) is 13.8. The average Bonchev–Trinajstić information content (AvgIpc) is 2.93. The first-order valence-electron chi connectivity index (χ1n) is 7.44. The quantitative estimate of drug-likeness (QED) is 0.671. The topological polar surface area (TPSA) is 86.1 Å². The molecule has 0 aliphatic rings. The minimum absolute atomic E-state index is 0.163. The van der Waals surface area contributed by atoms with Crippen LogP contribution in [0.15, 0.2) is 21.5 Å². The molecule has 0 amide bonds. The zero-order chi connectivity index (χ0) is 18.8. The summed E-state index contributed by atoms with van der Waals surface area (Å²) in [5.74, 6) is -1.66. The van der Waals surface area contributed by atoms with Gasteiger partial charge in [-0.2, -0.15) is 0 Å². The lowest BCUT2D eigenvalue weighted by atomic mass is 10.3. The van der Waals surface area contributed by atoms with Crippen molar-refractivity contribution in [2.24, 2.45) is 0 Å². The fourth-order valence-electron chi connectivity index (χ4n) is 2.21. The van der Waals surface area contributed by atoms with Crippen LogP contribution >= 0.6 is 15.9 Å². The van der Waals surface area contributed by atoms with Crippen molar-refractivity contribution in [3.05, 3.63) is 34.1 Å². The van der Waals surface area contributed by atoms with Gasteiger partial charge in [-0.3, -0.25) is 4.57 Å². The molecule has 11 heteroatoms. The number of halogens is 3. The number of aromatic nitrogens is 3. The summed E-state index contributed by atoms with van der Waals surface area (Å²) in [7, 11) is -4.31. The molecule has 0 bridgehead atoms. The van der Waals surface area contributed by atoms with Gasteiger partial charge in [0, 0.05) is 6.54 Å². The maximum atomic E-state index is 14.0. The van der Waals surface area contributed by atoms with Gasteiger partial charge < -0.3 is 4.74 Å². The van der Waals surface area contributed by atoms with Crippen molar-refractivity contribution in [1.29, 1.82) is 0 Å². The Morgan fingerprint density at radius 2 is 1.96 bits per heavy atom. The van der Waals surface area contributed by atoms with Crippen molar-refractivity contribution in [2.45, 2.75) is 38.3 Å². The second-order valence-electron chi connectivity index (χ2n) is 5.06. The van der Waals surface area contributed by atoms with Gasteiger partial charge in [-0.15, -0.1) is 5.10 Å². The molecule has 1 heterocycles. The van der Waals surface area contributed by atoms with Gasteiger partial charge in [-0.25, -0.2) is 21.9 Å². The van der Waals surface area contributed by atoms with Crippen LogP contribution < -0.4 is 9.46 Å². The van der Waals surface area contributed by atoms with Crippen molar-refractivity contribution in [1.82, 2.24) is 19.5 Å². The fraction of sp³-hybridized carbons (Fsp3) is 0.429. The Balaban J connectivity index is 2.34. The van der Waals surface area contributed by atoms with Crippen molar-refractivity contribution in [2.75, 3.05) is 6.61 Å². The molecular weight excluding hydrogens is 422 g/mol. The van der Waals surface area contributed by atoms with Crippen molar-refractivity contribution in [3.8, 4) is 6.01 Å². The molecule has 1 aromatic heterocycles. The minimum Gasteiger partial charge on any atom is -0.464 e. The molecule has 0 radical (unpaired) electrons. The van der Waals surface area contributed by atoms with Crippen molar-refractivity contribution >= 4 is 26.0 Å². The Hall–Kier alpha value is -1.59. The van der Waals surface area contributed by atoms with Gasteiger partial charge in [0.25, 0.3) is 0 Å². The highest BCUT2D eigenvalue weighted by Crippen LogP contribution is 2.25. The van der Waals surface area contributed by atoms with Gasteiger partial charge in [-0.05, 0) is 48.8 Å². The van der Waals surface area contributed by atoms with Gasteiger partial charge in [-0.1, -0.05) is 5.10 Å². The Kier molecular flexibility index (Phi) is 6.12. The van der Waals surface area contributed by atoms with E-state index in [0.29, 0.717) is 25.0 Å². The third kappa shape index (κ3) is 4.15. The molecule has 138 valence electrons. The normalized spacial score (nSPS) is 13.0. The summed E-state index contributed by atoms with van der Waals surface area (Å²) < 4.78 is 61.4. The lowest BCUT2D eigenvalue weighted by Crippen LogP contribution is -2.29. The second-order valence-corrected chi connectivity index (χ2v) is 7.59. The van der Waals surface area contributed by atoms with Crippen molar-refractivity contribution in [3.63, 3.8) is 0 Å². The van der Waals surface area contributed by atoms with Crippen LogP contribution in [-0.4, -0.2) is 29.8 Å². The van der Waals surface area contributed by atoms with Gasteiger partial charge >= 0.3 is 6.01 Å². The summed E-state index contributed by atoms with van der Waals surface area (Å²) in [5, 5.41) is 7.78. The van der Waals surface area contributed by atoms with E-state index < -0.39 is 32.6 Å². The van der Waals surface area contributed by atoms with Crippen LogP contribution in [0.4, 0.5) is 8.78 Å². The molecular formula is C14H17BrF2N4O3S. The summed E-state index contributed by atoms with van der Waals surface area (Å²) in [6, 6.07) is 0.797. The van der Waals surface area contributed by atoms with Gasteiger partial charge in [0.1, 0.15) is 16.5 Å². The number of nitrogens with one attached hydrogen (secondary N) is 1. The number of hydrogen-bond acceptors (Lipinski definition) is 5. The third-order valence-corrected chi connectivity index (χ3v) is 5.48. The number of nitrogens with zero attached hydrogens (tertiary/aromatic N) is 3. The molecule has 0 saturated heterocycles. The molecule has 25 heavy (non-hydrogen) atoms. The summed E-state index contributed by atoms with van der Waals surface area (Å²) in [6.07, 6.45) is 0. The van der Waals surface area contributed by atoms with Crippen LogP contribution in [0.3, 0.4) is 0 Å². The first kappa shape index (κ1) is 19.7. The predicted molar refractivity (Wildman–Crippen MR) is 89.7 cm³/mol. The lowest BCUT2D eigenvalue weighted by molar-refractivity contribution is 0.294. The Labute approximate surface area is 152 Å². The van der Waals surface area contributed by atoms with Gasteiger partial charge in [0.2, 0.25) is 10.0 Å². The number of hydrogen-bond donors (Lipinski definition) is 1. The third-order valence-electron chi connectivity index (χ3n) is 3.32. The molecule has 0 unspecified atom stereocenters. The summed E-state index contributed by atoms with van der Waals surface area (Å²) in [6.45, 7) is 5.95. The minimum atomic E-state index is -4.31. The highest BCUT2D eigenvalue weighted by molar-refractivity contribution is 9.10. The molecule has 7 nitrogen and oxygen atoms in total. The van der Waals surface area contributed by atoms with E-state index in [9.17, 15) is 17.2 Å². The van der Waals surface area contributed by atoms with Crippen LogP contribution in [0.25, 0.3) is 0 Å². The van der Waals surface area contributed by atoms with Crippen molar-refractivity contribution < 1.29 is 21.9 Å². The second kappa shape index (κ2) is 7.75. The van der Waals surface area contributed by atoms with E-state index in [4.69, 9.17) is 4.74 Å². The molecule has 1 atom stereocenters. The van der Waals surface area contributed by atoms with E-state index in [2.05, 4.69) is 30.8 Å². The van der Waals surface area contributed by atoms with Gasteiger partial charge in [0.05, 0.1) is 17.1 Å². The summed E-state index contributed by atoms with van der Waals surface area (Å²) in [5.41, 5.74) is 0. The van der Waals surface area contributed by atoms with Crippen LogP contribution in [-0.2, 0) is 16.6 Å². The SMILES string of the molecule is CCOc1nnc([C@@H](C)NS(=O)(=O)c2cc(F)c(Br)cc2F)n1CC. The van der Waals surface area contributed by atoms with Crippen LogP contribution in [0, 0.1) is 11.6 Å². The monoisotopic (exact) mass is 438 g/mol. The number of benzene rings is 1. The van der Waals surface area contributed by atoms with E-state index >= 15 is 0 Å². The van der Waals surface area contributed by atoms with E-state index in [1.165, 1.54) is 6.92 Å². The molecule has 2 rings (SSSR count). The molecule has 0 spiro atoms. The van der Waals surface area contributed by atoms with Gasteiger partial charge in [0.15, 0.2) is 5.82 Å². The lowest BCUT2D eigenvalue weighted by Gasteiger charge is -2.15. The number of ether oxygens (including phenoxy) is 1. The molecule has 1 aromatic carbocycles. The maximum Gasteiger partial charge on any atom is 0.316 e. The maximum absolute atomic E-state index is 14.0. The van der Waals surface area contributed by atoms with E-state index in [0.717, 1.165) is 6.07 Å². The predicted octanol–water partition coefficient (Wildman–Crippen LogP) is 2.78. The largest absolute Gasteiger partial charge is 0.464 e. The fourth-order valence-corrected chi connectivity index (χ4v) is 3.80. The van der Waals surface area contributed by atoms with E-state index in [1.807, 2.05) is 6.92 Å². The molecule has 0 aliphatic heterocycles. The Morgan fingerprint density at radius 3 is 2.56 bits per heavy atom. The Bertz CT molecular complexity index is 873. The van der Waals surface area contributed by atoms with Crippen LogP contribution in [0.5, 0.6) is 6.01 Å². The zero-order valence-corrected chi connectivity index (χ0v) is 16.2. The first-order valence-corrected chi connectivity index (χ1v) is 9.71. The first-order chi connectivity index (χ1) is 11.7. The Morgan fingerprint density at radius 1 is 1.28 bits per heavy atom. The smallest absolute Gasteiger partial charge is 0.316 e. The average molecular weight is 439 g/mol.